The number of nitrogens with one attached hydrogen (secondary N) is 1. The molecular formula is C36H50ClN3O10S2. The molecule has 52 heavy (non-hydrogen) atoms. The van der Waals surface area contributed by atoms with E-state index in [0.717, 1.165) is 11.1 Å². The van der Waals surface area contributed by atoms with E-state index in [2.05, 4.69) is 5.32 Å². The number of aliphatic hydroxyl groups is 1. The summed E-state index contributed by atoms with van der Waals surface area (Å²) in [6.45, 7) is 7.02. The quantitative estimate of drug-likeness (QED) is 0.151. The average Bonchev–Trinajstić information content (AvgIpc) is 3.80. The summed E-state index contributed by atoms with van der Waals surface area (Å²) < 4.78 is 29.2. The van der Waals surface area contributed by atoms with Gasteiger partial charge in [0, 0.05) is 45.7 Å². The van der Waals surface area contributed by atoms with Crippen molar-refractivity contribution >= 4 is 62.8 Å². The minimum atomic E-state index is -1.82. The Hall–Kier alpha value is -2.95. The molecule has 2 N–H and O–H groups in total. The van der Waals surface area contributed by atoms with Crippen molar-refractivity contribution in [1.82, 2.24) is 10.2 Å². The fraction of sp³-hybridized carbons (Fsp3) is 0.611. The van der Waals surface area contributed by atoms with Crippen LogP contribution in [0.1, 0.15) is 52.5 Å². The van der Waals surface area contributed by atoms with E-state index < -0.39 is 65.7 Å². The van der Waals surface area contributed by atoms with Crippen LogP contribution in [0.2, 0.25) is 5.02 Å². The van der Waals surface area contributed by atoms with Crippen LogP contribution in [0, 0.1) is 5.92 Å². The molecule has 3 heterocycles. The molecule has 3 amide bonds. The van der Waals surface area contributed by atoms with Crippen LogP contribution in [0.15, 0.2) is 35.9 Å². The van der Waals surface area contributed by atoms with Gasteiger partial charge in [0.15, 0.2) is 5.72 Å². The van der Waals surface area contributed by atoms with Crippen molar-refractivity contribution in [3.8, 4) is 5.75 Å². The lowest BCUT2D eigenvalue weighted by atomic mass is 9.83. The van der Waals surface area contributed by atoms with Crippen molar-refractivity contribution in [3.63, 3.8) is 0 Å². The molecule has 13 nitrogen and oxygen atoms in total. The van der Waals surface area contributed by atoms with Crippen LogP contribution in [0.3, 0.4) is 0 Å². The lowest BCUT2D eigenvalue weighted by Gasteiger charge is -2.42. The number of allylic oxidation sites excluding steroid dienone is 3. The predicted octanol–water partition coefficient (Wildman–Crippen LogP) is 4.92. The number of alkyl carbamates (subject to hydrolysis) is 1. The highest BCUT2D eigenvalue weighted by atomic mass is 35.5. The van der Waals surface area contributed by atoms with E-state index >= 15 is 0 Å². The van der Waals surface area contributed by atoms with Gasteiger partial charge in [0.25, 0.3) is 0 Å². The Morgan fingerprint density at radius 2 is 1.98 bits per heavy atom. The van der Waals surface area contributed by atoms with Crippen LogP contribution in [0.25, 0.3) is 0 Å². The van der Waals surface area contributed by atoms with E-state index in [-0.39, 0.29) is 30.2 Å². The Morgan fingerprint density at radius 1 is 1.27 bits per heavy atom. The van der Waals surface area contributed by atoms with Gasteiger partial charge in [0.1, 0.15) is 40.7 Å². The zero-order valence-electron chi connectivity index (χ0n) is 31.1. The van der Waals surface area contributed by atoms with Crippen LogP contribution >= 0.6 is 33.2 Å². The number of methoxy groups -OCH3 is 2. The average molecular weight is 784 g/mol. The van der Waals surface area contributed by atoms with Crippen LogP contribution in [0.4, 0.5) is 10.5 Å². The summed E-state index contributed by atoms with van der Waals surface area (Å²) >= 11 is 6.75. The standard InChI is InChI=1S/C36H50ClN3O10S2/c1-20-11-10-12-27(47-8)36(45)19-26(48-34(44)38-36)21(2)32-35(4,50-32)28(49-33(43)22(3)39(5)29(41)13-14-52-51-9)18-30(42)40(6)24-16-23(15-20)17-25(46-7)31(24)37/h10-12,16-17,21-22,26-28,32,45H,13-15,18-19H2,1-9H3,(H,38,44)/t21-,22-,26+,27-,28+,32?,35-,36+/m1/s1. The first-order valence-electron chi connectivity index (χ1n) is 17.0. The Balaban J connectivity index is 1.74. The largest absolute Gasteiger partial charge is 0.495 e. The number of ether oxygens (including phenoxy) is 5. The zero-order chi connectivity index (χ0) is 38.5. The number of rotatable bonds is 9. The van der Waals surface area contributed by atoms with Crippen LogP contribution in [-0.4, -0.2) is 116 Å². The van der Waals surface area contributed by atoms with Gasteiger partial charge >= 0.3 is 12.1 Å². The number of carbonyl (C=O) groups is 4. The third-order valence-electron chi connectivity index (χ3n) is 10.0. The number of nitrogens with zero attached hydrogens (tertiary/aromatic N) is 2. The van der Waals surface area contributed by atoms with Gasteiger partial charge in [-0.05, 0) is 51.1 Å². The smallest absolute Gasteiger partial charge is 0.409 e. The van der Waals surface area contributed by atoms with Crippen LogP contribution in [0.5, 0.6) is 5.75 Å². The summed E-state index contributed by atoms with van der Waals surface area (Å²) in [5.41, 5.74) is -0.884. The molecule has 1 aromatic carbocycles. The molecule has 0 spiro atoms. The second-order valence-corrected chi connectivity index (χ2v) is 16.7. The highest BCUT2D eigenvalue weighted by Crippen LogP contribution is 2.49. The second-order valence-electron chi connectivity index (χ2n) is 13.6. The van der Waals surface area contributed by atoms with Crippen molar-refractivity contribution in [2.75, 3.05) is 45.2 Å². The maximum absolute atomic E-state index is 14.1. The third kappa shape index (κ3) is 9.40. The van der Waals surface area contributed by atoms with Gasteiger partial charge in [-0.3, -0.25) is 14.9 Å². The molecule has 288 valence electrons. The number of epoxide rings is 1. The number of hydrogen-bond donors (Lipinski definition) is 2. The molecule has 2 saturated heterocycles. The first kappa shape index (κ1) is 41.8. The topological polar surface area (TPSA) is 156 Å². The summed E-state index contributed by atoms with van der Waals surface area (Å²) in [4.78, 5) is 56.2. The summed E-state index contributed by atoms with van der Waals surface area (Å²) in [5.74, 6) is -0.916. The van der Waals surface area contributed by atoms with Gasteiger partial charge in [-0.25, -0.2) is 9.59 Å². The second kappa shape index (κ2) is 17.5. The first-order valence-corrected chi connectivity index (χ1v) is 20.1. The Morgan fingerprint density at radius 3 is 2.63 bits per heavy atom. The minimum absolute atomic E-state index is 0.0452. The highest BCUT2D eigenvalue weighted by molar-refractivity contribution is 8.76. The van der Waals surface area contributed by atoms with Crippen molar-refractivity contribution in [3.05, 3.63) is 46.5 Å². The monoisotopic (exact) mass is 783 g/mol. The van der Waals surface area contributed by atoms with Crippen molar-refractivity contribution in [1.29, 1.82) is 0 Å². The molecule has 0 aromatic heterocycles. The molecule has 3 aliphatic heterocycles. The summed E-state index contributed by atoms with van der Waals surface area (Å²) in [6.07, 6.45) is 3.17. The number of halogens is 1. The Labute approximate surface area is 318 Å². The molecule has 4 bridgehead atoms. The molecule has 4 rings (SSSR count). The SMILES string of the molecule is COc1cc2cc(c1Cl)N(C)C(=O)C[C@H](OC(=O)[C@@H](C)N(C)C(=O)CCSSC)[C@@]1(C)OC1[C@H](C)[C@@H]1C[C@@](O)(NC(=O)O1)[C@H](OC)C=CC=C(C)C2. The van der Waals surface area contributed by atoms with E-state index in [1.54, 1.807) is 73.7 Å². The number of esters is 1. The Kier molecular flexibility index (Phi) is 14.0. The van der Waals surface area contributed by atoms with Gasteiger partial charge in [-0.15, -0.1) is 0 Å². The fourth-order valence-corrected chi connectivity index (χ4v) is 8.09. The Bertz CT molecular complexity index is 1580. The van der Waals surface area contributed by atoms with Crippen molar-refractivity contribution < 1.29 is 48.0 Å². The zero-order valence-corrected chi connectivity index (χ0v) is 33.5. The maximum atomic E-state index is 14.1. The minimum Gasteiger partial charge on any atom is -0.495 e. The number of fused-ring (bicyclic) bond motifs is 5. The summed E-state index contributed by atoms with van der Waals surface area (Å²) in [6, 6.07) is 2.63. The van der Waals surface area contributed by atoms with Gasteiger partial charge in [0.05, 0.1) is 25.3 Å². The number of amides is 3. The molecule has 0 radical (unpaired) electrons. The van der Waals surface area contributed by atoms with E-state index in [4.69, 9.17) is 35.3 Å². The van der Waals surface area contributed by atoms with Crippen molar-refractivity contribution in [2.24, 2.45) is 5.92 Å². The molecule has 3 aliphatic rings. The summed E-state index contributed by atoms with van der Waals surface area (Å²) in [7, 11) is 9.14. The number of carbonyl (C=O) groups excluding carboxylic acids is 4. The lowest BCUT2D eigenvalue weighted by Crippen LogP contribution is -2.63. The maximum Gasteiger partial charge on any atom is 0.409 e. The molecule has 16 heteroatoms. The number of likely N-dealkylation sites (N-methyl/N-ethyl adjacent to an activating group) is 1. The van der Waals surface area contributed by atoms with Gasteiger partial charge < -0.3 is 38.6 Å². The predicted molar refractivity (Wildman–Crippen MR) is 202 cm³/mol. The number of hydrogen-bond acceptors (Lipinski definition) is 12. The van der Waals surface area contributed by atoms with E-state index in [1.807, 2.05) is 19.3 Å². The normalized spacial score (nSPS) is 29.9. The molecule has 8 atom stereocenters. The van der Waals surface area contributed by atoms with Gasteiger partial charge in [-0.2, -0.15) is 0 Å². The lowest BCUT2D eigenvalue weighted by molar-refractivity contribution is -0.161. The van der Waals surface area contributed by atoms with E-state index in [1.165, 1.54) is 31.1 Å². The molecular weight excluding hydrogens is 734 g/mol. The highest BCUT2D eigenvalue weighted by Gasteiger charge is 2.64. The third-order valence-corrected chi connectivity index (χ3v) is 12.2. The molecule has 2 fully saturated rings. The summed E-state index contributed by atoms with van der Waals surface area (Å²) in [5, 5.41) is 14.5. The molecule has 0 saturated carbocycles. The molecule has 1 unspecified atom stereocenters. The fourth-order valence-electron chi connectivity index (χ4n) is 6.61. The molecule has 1 aromatic rings. The molecule has 0 aliphatic carbocycles. The van der Waals surface area contributed by atoms with E-state index in [0.29, 0.717) is 23.6 Å². The first-order chi connectivity index (χ1) is 24.5. The number of benzene rings is 1. The van der Waals surface area contributed by atoms with Crippen LogP contribution in [-0.2, 0) is 39.8 Å². The van der Waals surface area contributed by atoms with Crippen LogP contribution < -0.4 is 15.0 Å². The van der Waals surface area contributed by atoms with Crippen molar-refractivity contribution in [2.45, 2.75) is 95.2 Å². The number of anilines is 1. The van der Waals surface area contributed by atoms with E-state index in [9.17, 15) is 24.3 Å². The van der Waals surface area contributed by atoms with Gasteiger partial charge in [0.2, 0.25) is 11.8 Å². The van der Waals surface area contributed by atoms with Gasteiger partial charge in [-0.1, -0.05) is 63.9 Å².